The zero-order valence-electron chi connectivity index (χ0n) is 12.1. The van der Waals surface area contributed by atoms with E-state index in [1.165, 1.54) is 0 Å². The molecule has 1 rings (SSSR count). The van der Waals surface area contributed by atoms with Gasteiger partial charge in [0, 0.05) is 31.7 Å². The second kappa shape index (κ2) is 6.14. The quantitative estimate of drug-likeness (QED) is 0.818. The number of hydrogen-bond donors (Lipinski definition) is 1. The van der Waals surface area contributed by atoms with Crippen LogP contribution in [0.3, 0.4) is 0 Å². The van der Waals surface area contributed by atoms with Crippen molar-refractivity contribution < 1.29 is 4.39 Å². The maximum atomic E-state index is 12.4. The van der Waals surface area contributed by atoms with Crippen molar-refractivity contribution >= 4 is 0 Å². The highest BCUT2D eigenvalue weighted by molar-refractivity contribution is 4.92. The van der Waals surface area contributed by atoms with Crippen molar-refractivity contribution in [3.8, 4) is 0 Å². The van der Waals surface area contributed by atoms with Crippen LogP contribution in [0.25, 0.3) is 0 Å². The Morgan fingerprint density at radius 1 is 1.35 bits per heavy atom. The van der Waals surface area contributed by atoms with E-state index < -0.39 is 0 Å². The van der Waals surface area contributed by atoms with Gasteiger partial charge >= 0.3 is 0 Å². The predicted molar refractivity (Wildman–Crippen MR) is 72.0 cm³/mol. The topological polar surface area (TPSA) is 15.3 Å². The van der Waals surface area contributed by atoms with Crippen LogP contribution in [0.2, 0.25) is 0 Å². The molecule has 1 fully saturated rings. The van der Waals surface area contributed by atoms with Gasteiger partial charge in [0.15, 0.2) is 0 Å². The van der Waals surface area contributed by atoms with Crippen LogP contribution >= 0.6 is 0 Å². The Kier molecular flexibility index (Phi) is 5.39. The van der Waals surface area contributed by atoms with E-state index in [-0.39, 0.29) is 12.1 Å². The number of nitrogens with zero attached hydrogens (tertiary/aromatic N) is 1. The van der Waals surface area contributed by atoms with Crippen LogP contribution in [-0.4, -0.2) is 43.3 Å². The molecule has 0 radical (unpaired) electrons. The molecule has 2 nitrogen and oxygen atoms in total. The molecule has 1 N–H and O–H groups in total. The number of rotatable bonds is 4. The summed E-state index contributed by atoms with van der Waals surface area (Å²) in [4.78, 5) is 2.48. The largest absolute Gasteiger partial charge is 0.311 e. The van der Waals surface area contributed by atoms with Crippen LogP contribution in [0, 0.1) is 11.3 Å². The number of hydrogen-bond acceptors (Lipinski definition) is 2. The predicted octanol–water partition coefficient (Wildman–Crippen LogP) is 2.69. The zero-order chi connectivity index (χ0) is 13.1. The Balaban J connectivity index is 2.63. The molecule has 2 atom stereocenters. The maximum Gasteiger partial charge on any atom is 0.0906 e. The van der Waals surface area contributed by atoms with Gasteiger partial charge in [0.2, 0.25) is 0 Å². The normalized spacial score (nSPS) is 27.7. The zero-order valence-corrected chi connectivity index (χ0v) is 12.1. The molecule has 3 heteroatoms. The van der Waals surface area contributed by atoms with E-state index in [0.717, 1.165) is 19.6 Å². The van der Waals surface area contributed by atoms with Gasteiger partial charge in [0.1, 0.15) is 0 Å². The van der Waals surface area contributed by atoms with Gasteiger partial charge in [0.05, 0.1) is 6.67 Å². The molecular weight excluding hydrogens is 215 g/mol. The minimum Gasteiger partial charge on any atom is -0.311 e. The van der Waals surface area contributed by atoms with E-state index in [2.05, 4.69) is 44.8 Å². The fourth-order valence-corrected chi connectivity index (χ4v) is 2.58. The molecule has 0 spiro atoms. The Labute approximate surface area is 106 Å². The number of piperazine rings is 1. The number of nitrogens with one attached hydrogen (secondary N) is 1. The fraction of sp³-hybridized carbons (Fsp3) is 1.00. The van der Waals surface area contributed by atoms with E-state index in [0.29, 0.717) is 24.4 Å². The van der Waals surface area contributed by atoms with Crippen LogP contribution in [-0.2, 0) is 0 Å². The Morgan fingerprint density at radius 2 is 2.00 bits per heavy atom. The summed E-state index contributed by atoms with van der Waals surface area (Å²) in [5.74, 6) is 0.628. The molecule has 0 aliphatic carbocycles. The third kappa shape index (κ3) is 4.22. The molecule has 0 amide bonds. The Hall–Kier alpha value is -0.150. The molecule has 0 aromatic carbocycles. The molecule has 1 heterocycles. The van der Waals surface area contributed by atoms with Crippen molar-refractivity contribution in [2.24, 2.45) is 11.3 Å². The fourth-order valence-electron chi connectivity index (χ4n) is 2.58. The Morgan fingerprint density at radius 3 is 2.47 bits per heavy atom. The second-order valence-electron chi connectivity index (χ2n) is 6.68. The van der Waals surface area contributed by atoms with E-state index in [4.69, 9.17) is 0 Å². The van der Waals surface area contributed by atoms with Gasteiger partial charge in [-0.2, -0.15) is 0 Å². The molecular formula is C14H29FN2. The summed E-state index contributed by atoms with van der Waals surface area (Å²) in [5, 5.41) is 3.66. The summed E-state index contributed by atoms with van der Waals surface area (Å²) in [6.07, 6.45) is 0.667. The molecule has 2 unspecified atom stereocenters. The molecule has 17 heavy (non-hydrogen) atoms. The van der Waals surface area contributed by atoms with Gasteiger partial charge in [0.25, 0.3) is 0 Å². The van der Waals surface area contributed by atoms with Crippen LogP contribution < -0.4 is 5.32 Å². The highest BCUT2D eigenvalue weighted by Gasteiger charge is 2.34. The van der Waals surface area contributed by atoms with Gasteiger partial charge in [-0.15, -0.1) is 0 Å². The molecule has 0 aromatic rings. The lowest BCUT2D eigenvalue weighted by Crippen LogP contribution is -2.61. The first-order valence-corrected chi connectivity index (χ1v) is 6.89. The first-order chi connectivity index (χ1) is 7.86. The monoisotopic (exact) mass is 244 g/mol. The highest BCUT2D eigenvalue weighted by Crippen LogP contribution is 2.25. The van der Waals surface area contributed by atoms with Gasteiger partial charge < -0.3 is 5.32 Å². The highest BCUT2D eigenvalue weighted by atomic mass is 19.1. The standard InChI is InChI=1S/C14H29FN2/c1-11(2)12-9-16-13(14(3,4)5)10-17(12)8-6-7-15/h11-13,16H,6-10H2,1-5H3. The third-order valence-corrected chi connectivity index (χ3v) is 3.85. The smallest absolute Gasteiger partial charge is 0.0906 e. The average molecular weight is 244 g/mol. The minimum atomic E-state index is -0.199. The van der Waals surface area contributed by atoms with Crippen molar-refractivity contribution in [3.05, 3.63) is 0 Å². The first kappa shape index (κ1) is 14.9. The lowest BCUT2D eigenvalue weighted by atomic mass is 9.83. The van der Waals surface area contributed by atoms with Gasteiger partial charge in [-0.25, -0.2) is 0 Å². The summed E-state index contributed by atoms with van der Waals surface area (Å²) in [5.41, 5.74) is 0.274. The molecule has 0 aromatic heterocycles. The van der Waals surface area contributed by atoms with Crippen molar-refractivity contribution in [1.82, 2.24) is 10.2 Å². The summed E-state index contributed by atoms with van der Waals surface area (Å²) >= 11 is 0. The number of halogens is 1. The van der Waals surface area contributed by atoms with Crippen LogP contribution in [0.1, 0.15) is 41.0 Å². The molecule has 0 bridgehead atoms. The van der Waals surface area contributed by atoms with E-state index in [9.17, 15) is 4.39 Å². The third-order valence-electron chi connectivity index (χ3n) is 3.85. The maximum absolute atomic E-state index is 12.4. The lowest BCUT2D eigenvalue weighted by Gasteiger charge is -2.46. The van der Waals surface area contributed by atoms with Crippen molar-refractivity contribution in [3.63, 3.8) is 0 Å². The van der Waals surface area contributed by atoms with E-state index in [1.54, 1.807) is 0 Å². The van der Waals surface area contributed by atoms with Crippen LogP contribution in [0.15, 0.2) is 0 Å². The van der Waals surface area contributed by atoms with Crippen molar-refractivity contribution in [2.45, 2.75) is 53.1 Å². The van der Waals surface area contributed by atoms with E-state index in [1.807, 2.05) is 0 Å². The summed E-state index contributed by atoms with van der Waals surface area (Å²) in [6, 6.07) is 1.07. The molecule has 1 aliphatic rings. The molecule has 102 valence electrons. The van der Waals surface area contributed by atoms with Crippen LogP contribution in [0.5, 0.6) is 0 Å². The van der Waals surface area contributed by atoms with Gasteiger partial charge in [-0.1, -0.05) is 34.6 Å². The molecule has 1 saturated heterocycles. The SMILES string of the molecule is CC(C)C1CNC(C(C)(C)C)CN1CCCF. The number of alkyl halides is 1. The van der Waals surface area contributed by atoms with Gasteiger partial charge in [-0.05, 0) is 17.8 Å². The van der Waals surface area contributed by atoms with Gasteiger partial charge in [-0.3, -0.25) is 9.29 Å². The van der Waals surface area contributed by atoms with E-state index >= 15 is 0 Å². The minimum absolute atomic E-state index is 0.199. The second-order valence-corrected chi connectivity index (χ2v) is 6.68. The Bertz CT molecular complexity index is 223. The summed E-state index contributed by atoms with van der Waals surface area (Å²) in [6.45, 7) is 14.1. The lowest BCUT2D eigenvalue weighted by molar-refractivity contribution is 0.0610. The summed E-state index contributed by atoms with van der Waals surface area (Å²) in [7, 11) is 0. The van der Waals surface area contributed by atoms with Crippen LogP contribution in [0.4, 0.5) is 4.39 Å². The first-order valence-electron chi connectivity index (χ1n) is 6.89. The molecule has 0 saturated carbocycles. The summed E-state index contributed by atoms with van der Waals surface area (Å²) < 4.78 is 12.4. The average Bonchev–Trinajstić information content (AvgIpc) is 2.24. The molecule has 1 aliphatic heterocycles. The van der Waals surface area contributed by atoms with Crippen molar-refractivity contribution in [2.75, 3.05) is 26.3 Å². The van der Waals surface area contributed by atoms with Crippen molar-refractivity contribution in [1.29, 1.82) is 0 Å².